The van der Waals surface area contributed by atoms with E-state index in [9.17, 15) is 9.59 Å². The number of nitrogens with one attached hydrogen (secondary N) is 2. The van der Waals surface area contributed by atoms with Gasteiger partial charge in [-0.2, -0.15) is 0 Å². The van der Waals surface area contributed by atoms with Crippen LogP contribution < -0.4 is 10.9 Å². The van der Waals surface area contributed by atoms with Crippen molar-refractivity contribution >= 4 is 11.8 Å². The molecule has 0 aromatic rings. The molecule has 2 unspecified atom stereocenters. The van der Waals surface area contributed by atoms with Crippen molar-refractivity contribution in [2.75, 3.05) is 0 Å². The predicted octanol–water partition coefficient (Wildman–Crippen LogP) is 2.42. The zero-order valence-electron chi connectivity index (χ0n) is 12.8. The van der Waals surface area contributed by atoms with Crippen molar-refractivity contribution in [1.82, 2.24) is 10.9 Å². The third-order valence-corrected chi connectivity index (χ3v) is 3.62. The first-order valence-corrected chi connectivity index (χ1v) is 6.90. The lowest BCUT2D eigenvalue weighted by atomic mass is 10.1. The molecule has 0 heterocycles. The van der Waals surface area contributed by atoms with Crippen LogP contribution >= 0.6 is 0 Å². The van der Waals surface area contributed by atoms with Gasteiger partial charge in [0.1, 0.15) is 0 Å². The Morgan fingerprint density at radius 2 is 1.79 bits per heavy atom. The average molecular weight is 266 g/mol. The molecule has 2 atom stereocenters. The van der Waals surface area contributed by atoms with E-state index in [4.69, 9.17) is 0 Å². The van der Waals surface area contributed by atoms with E-state index in [2.05, 4.69) is 30.8 Å². The molecular weight excluding hydrogens is 240 g/mol. The van der Waals surface area contributed by atoms with Crippen LogP contribution in [0.1, 0.15) is 48.0 Å². The zero-order valence-corrected chi connectivity index (χ0v) is 12.8. The van der Waals surface area contributed by atoms with E-state index < -0.39 is 0 Å². The molecule has 1 saturated carbocycles. The third-order valence-electron chi connectivity index (χ3n) is 3.62. The second-order valence-corrected chi connectivity index (χ2v) is 6.70. The lowest BCUT2D eigenvalue weighted by Gasteiger charge is -2.09. The van der Waals surface area contributed by atoms with Crippen LogP contribution in [0.2, 0.25) is 0 Å². The van der Waals surface area contributed by atoms with Gasteiger partial charge >= 0.3 is 0 Å². The molecule has 1 aliphatic carbocycles. The molecule has 4 heteroatoms. The molecule has 0 aromatic carbocycles. The highest BCUT2D eigenvalue weighted by molar-refractivity contribution is 5.86. The van der Waals surface area contributed by atoms with Gasteiger partial charge in [0.2, 0.25) is 11.8 Å². The van der Waals surface area contributed by atoms with Crippen LogP contribution in [0.5, 0.6) is 0 Å². The molecule has 0 aliphatic heterocycles. The lowest BCUT2D eigenvalue weighted by Crippen LogP contribution is -2.43. The number of carbonyl (C=O) groups is 2. The number of amides is 2. The maximum Gasteiger partial charge on any atom is 0.242 e. The van der Waals surface area contributed by atoms with Gasteiger partial charge in [0, 0.05) is 6.42 Å². The first-order chi connectivity index (χ1) is 8.66. The Bertz CT molecular complexity index is 393. The summed E-state index contributed by atoms with van der Waals surface area (Å²) in [5.41, 5.74) is 6.22. The van der Waals surface area contributed by atoms with Crippen LogP contribution in [0.25, 0.3) is 0 Å². The molecule has 1 fully saturated rings. The zero-order chi connectivity index (χ0) is 14.8. The summed E-state index contributed by atoms with van der Waals surface area (Å²) < 4.78 is 0. The van der Waals surface area contributed by atoms with Gasteiger partial charge in [-0.25, -0.2) is 0 Å². The molecule has 2 N–H and O–H groups in total. The Morgan fingerprint density at radius 1 is 1.21 bits per heavy atom. The monoisotopic (exact) mass is 266 g/mol. The topological polar surface area (TPSA) is 58.2 Å². The summed E-state index contributed by atoms with van der Waals surface area (Å²) in [6.45, 7) is 12.2. The van der Waals surface area contributed by atoms with Gasteiger partial charge in [-0.05, 0) is 31.1 Å². The van der Waals surface area contributed by atoms with Crippen molar-refractivity contribution in [3.8, 4) is 0 Å². The van der Waals surface area contributed by atoms with Gasteiger partial charge < -0.3 is 0 Å². The first kappa shape index (κ1) is 15.7. The highest BCUT2D eigenvalue weighted by atomic mass is 16.2. The molecule has 0 spiro atoms. The molecule has 108 valence electrons. The predicted molar refractivity (Wildman–Crippen MR) is 75.9 cm³/mol. The number of allylic oxidation sites excluding steroid dienone is 2. The van der Waals surface area contributed by atoms with E-state index >= 15 is 0 Å². The van der Waals surface area contributed by atoms with Crippen LogP contribution in [0.15, 0.2) is 11.6 Å². The maximum absolute atomic E-state index is 12.0. The summed E-state index contributed by atoms with van der Waals surface area (Å²) in [6.07, 6.45) is 2.56. The number of hydrogen-bond donors (Lipinski definition) is 2. The number of hydrogen-bond acceptors (Lipinski definition) is 2. The van der Waals surface area contributed by atoms with Gasteiger partial charge in [-0.15, -0.1) is 0 Å². The van der Waals surface area contributed by atoms with E-state index in [0.29, 0.717) is 6.42 Å². The summed E-state index contributed by atoms with van der Waals surface area (Å²) in [5.74, 6) is 0.263. The fourth-order valence-electron chi connectivity index (χ4n) is 2.48. The highest BCUT2D eigenvalue weighted by Crippen LogP contribution is 2.59. The van der Waals surface area contributed by atoms with Gasteiger partial charge in [-0.3, -0.25) is 20.4 Å². The van der Waals surface area contributed by atoms with Gasteiger partial charge in [0.25, 0.3) is 0 Å². The van der Waals surface area contributed by atoms with Gasteiger partial charge in [0.15, 0.2) is 0 Å². The number of rotatable bonds is 4. The molecule has 1 aliphatic rings. The second-order valence-electron chi connectivity index (χ2n) is 6.70. The number of hydrazine groups is 1. The van der Waals surface area contributed by atoms with Gasteiger partial charge in [-0.1, -0.05) is 39.3 Å². The van der Waals surface area contributed by atoms with Crippen molar-refractivity contribution in [3.63, 3.8) is 0 Å². The fourth-order valence-corrected chi connectivity index (χ4v) is 2.48. The fraction of sp³-hybridized carbons (Fsp3) is 0.733. The molecule has 1 rings (SSSR count). The largest absolute Gasteiger partial charge is 0.273 e. The Morgan fingerprint density at radius 3 is 2.26 bits per heavy atom. The highest BCUT2D eigenvalue weighted by Gasteiger charge is 2.60. The SMILES string of the molecule is CC(C)=CC1C(C(=O)NNC(=O)CC(C)C)C1(C)C. The normalized spacial score (nSPS) is 23.7. The van der Waals surface area contributed by atoms with Crippen molar-refractivity contribution in [2.24, 2.45) is 23.2 Å². The van der Waals surface area contributed by atoms with Crippen molar-refractivity contribution < 1.29 is 9.59 Å². The van der Waals surface area contributed by atoms with E-state index in [0.717, 1.165) is 0 Å². The standard InChI is InChI=1S/C15H26N2O2/c1-9(2)7-11-13(15(11,5)6)14(19)17-16-12(18)8-10(3)4/h7,10-11,13H,8H2,1-6H3,(H,16,18)(H,17,19). The lowest BCUT2D eigenvalue weighted by molar-refractivity contribution is -0.130. The average Bonchev–Trinajstić information content (AvgIpc) is 2.75. The van der Waals surface area contributed by atoms with E-state index in [-0.39, 0.29) is 35.0 Å². The summed E-state index contributed by atoms with van der Waals surface area (Å²) >= 11 is 0. The second kappa shape index (κ2) is 5.76. The molecule has 0 aromatic heterocycles. The molecule has 0 radical (unpaired) electrons. The summed E-state index contributed by atoms with van der Waals surface area (Å²) in [5, 5.41) is 0. The minimum atomic E-state index is -0.138. The quantitative estimate of drug-likeness (QED) is 0.606. The Labute approximate surface area is 116 Å². The van der Waals surface area contributed by atoms with Crippen LogP contribution in [0.4, 0.5) is 0 Å². The molecular formula is C15H26N2O2. The molecule has 19 heavy (non-hydrogen) atoms. The smallest absolute Gasteiger partial charge is 0.242 e. The van der Waals surface area contributed by atoms with E-state index in [1.54, 1.807) is 0 Å². The molecule has 0 bridgehead atoms. The Hall–Kier alpha value is -1.32. The summed E-state index contributed by atoms with van der Waals surface area (Å²) in [7, 11) is 0. The molecule has 4 nitrogen and oxygen atoms in total. The summed E-state index contributed by atoms with van der Waals surface area (Å²) in [6, 6.07) is 0. The maximum atomic E-state index is 12.0. The van der Waals surface area contributed by atoms with Crippen molar-refractivity contribution in [1.29, 1.82) is 0 Å². The third kappa shape index (κ3) is 4.08. The van der Waals surface area contributed by atoms with Gasteiger partial charge in [0.05, 0.1) is 5.92 Å². The first-order valence-electron chi connectivity index (χ1n) is 6.90. The number of carbonyl (C=O) groups excluding carboxylic acids is 2. The van der Waals surface area contributed by atoms with Crippen molar-refractivity contribution in [3.05, 3.63) is 11.6 Å². The van der Waals surface area contributed by atoms with E-state index in [1.807, 2.05) is 27.7 Å². The van der Waals surface area contributed by atoms with Crippen LogP contribution in [0.3, 0.4) is 0 Å². The van der Waals surface area contributed by atoms with Crippen LogP contribution in [-0.2, 0) is 9.59 Å². The van der Waals surface area contributed by atoms with E-state index in [1.165, 1.54) is 5.57 Å². The minimum Gasteiger partial charge on any atom is -0.273 e. The Balaban J connectivity index is 2.48. The summed E-state index contributed by atoms with van der Waals surface area (Å²) in [4.78, 5) is 23.5. The van der Waals surface area contributed by atoms with Crippen molar-refractivity contribution in [2.45, 2.75) is 48.0 Å². The minimum absolute atomic E-state index is 0.0237. The molecule has 2 amide bonds. The molecule has 0 saturated heterocycles. The van der Waals surface area contributed by atoms with Crippen LogP contribution in [-0.4, -0.2) is 11.8 Å². The van der Waals surface area contributed by atoms with Crippen LogP contribution in [0, 0.1) is 23.2 Å². The Kier molecular flexibility index (Phi) is 4.77.